The first-order valence-electron chi connectivity index (χ1n) is 7.06. The third-order valence-corrected chi connectivity index (χ3v) is 3.67. The average molecular weight is 350 g/mol. The second-order valence-corrected chi connectivity index (χ2v) is 5.48. The number of halogens is 1. The van der Waals surface area contributed by atoms with Gasteiger partial charge in [0.05, 0.1) is 17.7 Å². The van der Waals surface area contributed by atoms with Gasteiger partial charge in [-0.05, 0) is 46.1 Å². The van der Waals surface area contributed by atoms with E-state index in [9.17, 15) is 0 Å². The third-order valence-electron chi connectivity index (χ3n) is 3.08. The van der Waals surface area contributed by atoms with Gasteiger partial charge in [-0.15, -0.1) is 0 Å². The fourth-order valence-electron chi connectivity index (χ4n) is 2.06. The molecule has 0 aromatic heterocycles. The second kappa shape index (κ2) is 8.05. The lowest BCUT2D eigenvalue weighted by Crippen LogP contribution is -2.06. The Morgan fingerprint density at radius 3 is 2.48 bits per heavy atom. The van der Waals surface area contributed by atoms with Crippen LogP contribution in [0, 0.1) is 0 Å². The summed E-state index contributed by atoms with van der Waals surface area (Å²) in [4.78, 5) is 0. The normalized spacial score (nSPS) is 10.4. The average Bonchev–Trinajstić information content (AvgIpc) is 2.51. The zero-order chi connectivity index (χ0) is 15.1. The Morgan fingerprint density at radius 2 is 1.81 bits per heavy atom. The molecule has 0 heterocycles. The minimum absolute atomic E-state index is 0.475. The second-order valence-electron chi connectivity index (χ2n) is 4.63. The topological polar surface area (TPSA) is 44.5 Å². The van der Waals surface area contributed by atoms with Gasteiger partial charge in [-0.25, -0.2) is 0 Å². The van der Waals surface area contributed by atoms with Crippen LogP contribution in [0.5, 0.6) is 11.5 Å². The maximum atomic E-state index is 5.91. The van der Waals surface area contributed by atoms with E-state index in [1.54, 1.807) is 0 Å². The highest BCUT2D eigenvalue weighted by molar-refractivity contribution is 9.10. The lowest BCUT2D eigenvalue weighted by atomic mass is 10.2. The molecule has 3 nitrogen and oxygen atoms in total. The molecule has 21 heavy (non-hydrogen) atoms. The van der Waals surface area contributed by atoms with Gasteiger partial charge >= 0.3 is 0 Å². The molecule has 4 heteroatoms. The molecule has 0 fully saturated rings. The van der Waals surface area contributed by atoms with Gasteiger partial charge in [0.15, 0.2) is 11.5 Å². The summed E-state index contributed by atoms with van der Waals surface area (Å²) >= 11 is 3.53. The number of hydrogen-bond acceptors (Lipinski definition) is 3. The van der Waals surface area contributed by atoms with Gasteiger partial charge in [0.2, 0.25) is 0 Å². The zero-order valence-electron chi connectivity index (χ0n) is 12.1. The summed E-state index contributed by atoms with van der Waals surface area (Å²) < 4.78 is 12.4. The van der Waals surface area contributed by atoms with E-state index in [2.05, 4.69) is 28.1 Å². The fraction of sp³-hybridized carbons (Fsp3) is 0.294. The first kappa shape index (κ1) is 15.9. The Hall–Kier alpha value is -1.52. The molecule has 0 unspecified atom stereocenters. The molecule has 0 amide bonds. The van der Waals surface area contributed by atoms with Crippen LogP contribution < -0.4 is 15.2 Å². The summed E-state index contributed by atoms with van der Waals surface area (Å²) in [6, 6.07) is 14.2. The molecule has 0 saturated carbocycles. The molecule has 0 atom stereocenters. The Bertz CT molecular complexity index is 573. The van der Waals surface area contributed by atoms with E-state index in [1.807, 2.05) is 37.3 Å². The molecule has 0 saturated heterocycles. The van der Waals surface area contributed by atoms with Crippen molar-refractivity contribution in [1.29, 1.82) is 0 Å². The molecule has 0 radical (unpaired) electrons. The first-order valence-corrected chi connectivity index (χ1v) is 7.86. The van der Waals surface area contributed by atoms with Gasteiger partial charge in [0, 0.05) is 13.0 Å². The predicted molar refractivity (Wildman–Crippen MR) is 88.8 cm³/mol. The van der Waals surface area contributed by atoms with Crippen molar-refractivity contribution < 1.29 is 9.47 Å². The molecular formula is C17H20BrNO2. The first-order chi connectivity index (χ1) is 10.2. The van der Waals surface area contributed by atoms with Crippen LogP contribution in [-0.2, 0) is 13.0 Å². The van der Waals surface area contributed by atoms with Crippen molar-refractivity contribution in [2.24, 2.45) is 5.73 Å². The van der Waals surface area contributed by atoms with E-state index >= 15 is 0 Å². The maximum Gasteiger partial charge on any atom is 0.175 e. The molecule has 0 aliphatic carbocycles. The van der Waals surface area contributed by atoms with Crippen LogP contribution in [0.2, 0.25) is 0 Å². The van der Waals surface area contributed by atoms with Crippen molar-refractivity contribution in [3.63, 3.8) is 0 Å². The Morgan fingerprint density at radius 1 is 1.05 bits per heavy atom. The van der Waals surface area contributed by atoms with Gasteiger partial charge in [-0.3, -0.25) is 0 Å². The van der Waals surface area contributed by atoms with E-state index in [0.29, 0.717) is 19.8 Å². The smallest absolute Gasteiger partial charge is 0.175 e. The zero-order valence-corrected chi connectivity index (χ0v) is 13.7. The van der Waals surface area contributed by atoms with E-state index in [0.717, 1.165) is 28.0 Å². The SMILES string of the molecule is CCOc1cc(CN)cc(Br)c1OCCc1ccccc1. The molecular weight excluding hydrogens is 330 g/mol. The quantitative estimate of drug-likeness (QED) is 0.823. The minimum atomic E-state index is 0.475. The summed E-state index contributed by atoms with van der Waals surface area (Å²) in [6.45, 7) is 3.62. The molecule has 0 aliphatic rings. The van der Waals surface area contributed by atoms with Gasteiger partial charge in [0.25, 0.3) is 0 Å². The van der Waals surface area contributed by atoms with Gasteiger partial charge in [-0.2, -0.15) is 0 Å². The van der Waals surface area contributed by atoms with Gasteiger partial charge < -0.3 is 15.2 Å². The third kappa shape index (κ3) is 4.48. The molecule has 0 bridgehead atoms. The van der Waals surface area contributed by atoms with Crippen LogP contribution in [0.1, 0.15) is 18.1 Å². The standard InChI is InChI=1S/C17H20BrNO2/c1-2-20-16-11-14(12-19)10-15(18)17(16)21-9-8-13-6-4-3-5-7-13/h3-7,10-11H,2,8-9,12,19H2,1H3. The van der Waals surface area contributed by atoms with E-state index in [4.69, 9.17) is 15.2 Å². The summed E-state index contributed by atoms with van der Waals surface area (Å²) in [6.07, 6.45) is 0.859. The highest BCUT2D eigenvalue weighted by Crippen LogP contribution is 2.37. The van der Waals surface area contributed by atoms with E-state index in [-0.39, 0.29) is 0 Å². The largest absolute Gasteiger partial charge is 0.490 e. The highest BCUT2D eigenvalue weighted by Gasteiger charge is 2.11. The fourth-order valence-corrected chi connectivity index (χ4v) is 2.66. The summed E-state index contributed by atoms with van der Waals surface area (Å²) in [7, 11) is 0. The summed E-state index contributed by atoms with van der Waals surface area (Å²) in [5.74, 6) is 1.48. The van der Waals surface area contributed by atoms with Crippen LogP contribution >= 0.6 is 15.9 Å². The summed E-state index contributed by atoms with van der Waals surface area (Å²) in [5, 5.41) is 0. The molecule has 2 rings (SSSR count). The minimum Gasteiger partial charge on any atom is -0.490 e. The molecule has 2 aromatic rings. The van der Waals surface area contributed by atoms with Crippen molar-refractivity contribution in [1.82, 2.24) is 0 Å². The number of hydrogen-bond donors (Lipinski definition) is 1. The van der Waals surface area contributed by atoms with Crippen LogP contribution in [0.3, 0.4) is 0 Å². The lowest BCUT2D eigenvalue weighted by molar-refractivity contribution is 0.277. The van der Waals surface area contributed by atoms with E-state index in [1.165, 1.54) is 5.56 Å². The number of ether oxygens (including phenoxy) is 2. The predicted octanol–water partition coefficient (Wildman–Crippen LogP) is 3.93. The number of nitrogens with two attached hydrogens (primary N) is 1. The van der Waals surface area contributed by atoms with Crippen molar-refractivity contribution in [2.45, 2.75) is 19.9 Å². The van der Waals surface area contributed by atoms with E-state index < -0.39 is 0 Å². The van der Waals surface area contributed by atoms with Crippen molar-refractivity contribution in [3.05, 3.63) is 58.1 Å². The van der Waals surface area contributed by atoms with Gasteiger partial charge in [0.1, 0.15) is 0 Å². The Labute approximate surface area is 134 Å². The monoisotopic (exact) mass is 349 g/mol. The summed E-state index contributed by atoms with van der Waals surface area (Å²) in [5.41, 5.74) is 7.96. The number of benzene rings is 2. The van der Waals surface area contributed by atoms with Crippen LogP contribution in [0.4, 0.5) is 0 Å². The molecule has 0 spiro atoms. The molecule has 2 aromatic carbocycles. The van der Waals surface area contributed by atoms with Crippen LogP contribution in [-0.4, -0.2) is 13.2 Å². The van der Waals surface area contributed by atoms with Crippen LogP contribution in [0.15, 0.2) is 46.9 Å². The Balaban J connectivity index is 2.07. The van der Waals surface area contributed by atoms with Crippen molar-refractivity contribution in [2.75, 3.05) is 13.2 Å². The molecule has 112 valence electrons. The maximum absolute atomic E-state index is 5.91. The van der Waals surface area contributed by atoms with Gasteiger partial charge in [-0.1, -0.05) is 30.3 Å². The molecule has 2 N–H and O–H groups in total. The molecule has 0 aliphatic heterocycles. The lowest BCUT2D eigenvalue weighted by Gasteiger charge is -2.15. The van der Waals surface area contributed by atoms with Crippen molar-refractivity contribution >= 4 is 15.9 Å². The Kier molecular flexibility index (Phi) is 6.08. The number of rotatable bonds is 7. The highest BCUT2D eigenvalue weighted by atomic mass is 79.9. The van der Waals surface area contributed by atoms with Crippen LogP contribution in [0.25, 0.3) is 0 Å². The van der Waals surface area contributed by atoms with Crippen molar-refractivity contribution in [3.8, 4) is 11.5 Å².